The van der Waals surface area contributed by atoms with Crippen LogP contribution in [0.3, 0.4) is 0 Å². The molecule has 4 rings (SSSR count). The van der Waals surface area contributed by atoms with Crippen molar-refractivity contribution < 1.29 is 35.5 Å². The highest BCUT2D eigenvalue weighted by atomic mass is 19.4. The second-order valence-electron chi connectivity index (χ2n) is 7.65. The fraction of sp³-hybridized carbons (Fsp3) is 0.200. The lowest BCUT2D eigenvalue weighted by Crippen LogP contribution is -2.19. The van der Waals surface area contributed by atoms with E-state index in [4.69, 9.17) is 0 Å². The van der Waals surface area contributed by atoms with Crippen LogP contribution in [-0.4, -0.2) is 6.36 Å². The van der Waals surface area contributed by atoms with Crippen LogP contribution in [0.25, 0.3) is 22.8 Å². The molecule has 172 valence electrons. The molecule has 0 unspecified atom stereocenters. The molecule has 0 aliphatic heterocycles. The number of alkyl halides is 3. The first-order chi connectivity index (χ1) is 15.6. The summed E-state index contributed by atoms with van der Waals surface area (Å²) in [6.45, 7) is 1.92. The van der Waals surface area contributed by atoms with E-state index in [1.54, 1.807) is 12.1 Å². The number of aryl methyl sites for hydroxylation is 1. The van der Waals surface area contributed by atoms with Gasteiger partial charge in [0.05, 0.1) is 0 Å². The van der Waals surface area contributed by atoms with E-state index in [9.17, 15) is 26.3 Å². The number of hydrogen-bond acceptors (Lipinski definition) is 1. The lowest BCUT2D eigenvalue weighted by Gasteiger charge is -2.20. The fourth-order valence-corrected chi connectivity index (χ4v) is 3.95. The summed E-state index contributed by atoms with van der Waals surface area (Å²) >= 11 is 0. The quantitative estimate of drug-likeness (QED) is 0.356. The van der Waals surface area contributed by atoms with Crippen LogP contribution in [0.1, 0.15) is 35.6 Å². The molecule has 0 aromatic heterocycles. The highest BCUT2D eigenvalue weighted by Gasteiger charge is 2.34. The minimum absolute atomic E-state index is 0.166. The number of allylic oxidation sites excluding steroid dienone is 1. The molecule has 0 atom stereocenters. The third kappa shape index (κ3) is 4.60. The third-order valence-corrected chi connectivity index (χ3v) is 5.57. The molecule has 8 heteroatoms. The second-order valence-corrected chi connectivity index (χ2v) is 7.65. The fourth-order valence-electron chi connectivity index (χ4n) is 3.95. The summed E-state index contributed by atoms with van der Waals surface area (Å²) in [5.74, 6) is -5.92. The zero-order valence-electron chi connectivity index (χ0n) is 17.3. The van der Waals surface area contributed by atoms with Gasteiger partial charge in [-0.2, -0.15) is 0 Å². The summed E-state index contributed by atoms with van der Waals surface area (Å²) in [7, 11) is 0. The van der Waals surface area contributed by atoms with E-state index in [1.165, 1.54) is 18.2 Å². The molecule has 0 fully saturated rings. The predicted molar refractivity (Wildman–Crippen MR) is 110 cm³/mol. The van der Waals surface area contributed by atoms with Crippen molar-refractivity contribution in [3.63, 3.8) is 0 Å². The number of rotatable bonds is 4. The van der Waals surface area contributed by atoms with Crippen molar-refractivity contribution in [2.45, 2.75) is 32.5 Å². The van der Waals surface area contributed by atoms with Crippen molar-refractivity contribution in [1.29, 1.82) is 0 Å². The normalized spacial score (nSPS) is 13.5. The molecule has 0 heterocycles. The number of fused-ring (bicyclic) bond motifs is 1. The largest absolute Gasteiger partial charge is 0.573 e. The first kappa shape index (κ1) is 22.9. The standard InChI is InChI=1S/C25H17F7O/c1-2-13-3-6-17(20(26)9-13)14-4-7-18-15(10-14)5-8-19(23(18)29)16-11-21(27)24(22(28)12-16)33-25(30,31)32/h3,5-6,8-12H,2,4,7H2,1H3. The average Bonchev–Trinajstić information content (AvgIpc) is 2.75. The molecular weight excluding hydrogens is 449 g/mol. The molecule has 0 spiro atoms. The summed E-state index contributed by atoms with van der Waals surface area (Å²) in [4.78, 5) is 0. The maximum atomic E-state index is 15.2. The van der Waals surface area contributed by atoms with E-state index in [-0.39, 0.29) is 28.9 Å². The Morgan fingerprint density at radius 3 is 2.09 bits per heavy atom. The first-order valence-electron chi connectivity index (χ1n) is 10.1. The lowest BCUT2D eigenvalue weighted by molar-refractivity contribution is -0.276. The van der Waals surface area contributed by atoms with Crippen LogP contribution in [0, 0.1) is 23.3 Å². The Bertz CT molecular complexity index is 1240. The maximum absolute atomic E-state index is 15.2. The minimum Gasteiger partial charge on any atom is -0.399 e. The van der Waals surface area contributed by atoms with Crippen LogP contribution in [0.2, 0.25) is 0 Å². The number of hydrogen-bond donors (Lipinski definition) is 0. The zero-order chi connectivity index (χ0) is 23.9. The SMILES string of the molecule is CCc1ccc(C2=Cc3ccc(-c4cc(F)c(OC(F)(F)F)c(F)c4)c(F)c3CC2)c(F)c1. The van der Waals surface area contributed by atoms with E-state index in [0.29, 0.717) is 41.7 Å². The summed E-state index contributed by atoms with van der Waals surface area (Å²) in [5, 5.41) is 0. The van der Waals surface area contributed by atoms with Crippen molar-refractivity contribution in [3.05, 3.63) is 88.0 Å². The Morgan fingerprint density at radius 2 is 1.48 bits per heavy atom. The molecule has 0 saturated carbocycles. The topological polar surface area (TPSA) is 9.23 Å². The zero-order valence-corrected chi connectivity index (χ0v) is 17.3. The molecule has 0 radical (unpaired) electrons. The van der Waals surface area contributed by atoms with Crippen molar-refractivity contribution in [3.8, 4) is 16.9 Å². The van der Waals surface area contributed by atoms with E-state index in [1.807, 2.05) is 13.0 Å². The van der Waals surface area contributed by atoms with Gasteiger partial charge in [0.2, 0.25) is 5.75 Å². The average molecular weight is 466 g/mol. The lowest BCUT2D eigenvalue weighted by atomic mass is 9.86. The molecule has 3 aromatic rings. The molecule has 1 aliphatic rings. The monoisotopic (exact) mass is 466 g/mol. The van der Waals surface area contributed by atoms with Crippen molar-refractivity contribution >= 4 is 11.6 Å². The Balaban J connectivity index is 1.71. The van der Waals surface area contributed by atoms with Gasteiger partial charge in [0.25, 0.3) is 0 Å². The second kappa shape index (κ2) is 8.57. The highest BCUT2D eigenvalue weighted by Crippen LogP contribution is 2.38. The number of halogens is 7. The Kier molecular flexibility index (Phi) is 5.95. The Morgan fingerprint density at radius 1 is 0.818 bits per heavy atom. The smallest absolute Gasteiger partial charge is 0.399 e. The summed E-state index contributed by atoms with van der Waals surface area (Å²) < 4.78 is 98.3. The van der Waals surface area contributed by atoms with E-state index in [0.717, 1.165) is 5.56 Å². The van der Waals surface area contributed by atoms with Crippen molar-refractivity contribution in [2.75, 3.05) is 0 Å². The van der Waals surface area contributed by atoms with Crippen LogP contribution in [0.5, 0.6) is 5.75 Å². The summed E-state index contributed by atoms with van der Waals surface area (Å²) in [6.07, 6.45) is -2.36. The van der Waals surface area contributed by atoms with Gasteiger partial charge in [0, 0.05) is 11.1 Å². The number of benzene rings is 3. The van der Waals surface area contributed by atoms with Gasteiger partial charge in [0.1, 0.15) is 11.6 Å². The van der Waals surface area contributed by atoms with E-state index < -0.39 is 29.6 Å². The Labute approximate surface area is 185 Å². The van der Waals surface area contributed by atoms with Crippen molar-refractivity contribution in [2.24, 2.45) is 0 Å². The van der Waals surface area contributed by atoms with Crippen LogP contribution >= 0.6 is 0 Å². The third-order valence-electron chi connectivity index (χ3n) is 5.57. The number of ether oxygens (including phenoxy) is 1. The molecule has 0 amide bonds. The molecule has 1 aliphatic carbocycles. The molecule has 0 bridgehead atoms. The van der Waals surface area contributed by atoms with Gasteiger partial charge in [-0.05, 0) is 65.3 Å². The molecule has 0 N–H and O–H groups in total. The molecular formula is C25H17F7O. The van der Waals surface area contributed by atoms with Gasteiger partial charge in [0.15, 0.2) is 11.6 Å². The van der Waals surface area contributed by atoms with Gasteiger partial charge < -0.3 is 4.74 Å². The van der Waals surface area contributed by atoms with E-state index >= 15 is 4.39 Å². The molecule has 33 heavy (non-hydrogen) atoms. The molecule has 1 nitrogen and oxygen atoms in total. The molecule has 0 saturated heterocycles. The minimum atomic E-state index is -5.28. The first-order valence-corrected chi connectivity index (χ1v) is 10.1. The molecule has 3 aromatic carbocycles. The summed E-state index contributed by atoms with van der Waals surface area (Å²) in [6, 6.07) is 8.96. The Hall–Kier alpha value is -3.29. The van der Waals surface area contributed by atoms with Crippen LogP contribution < -0.4 is 4.74 Å². The van der Waals surface area contributed by atoms with Crippen LogP contribution in [0.15, 0.2) is 42.5 Å². The predicted octanol–water partition coefficient (Wildman–Crippen LogP) is 7.86. The van der Waals surface area contributed by atoms with Gasteiger partial charge in [-0.25, -0.2) is 17.6 Å². The van der Waals surface area contributed by atoms with Gasteiger partial charge >= 0.3 is 6.36 Å². The van der Waals surface area contributed by atoms with Gasteiger partial charge in [-0.3, -0.25) is 0 Å². The maximum Gasteiger partial charge on any atom is 0.573 e. The van der Waals surface area contributed by atoms with Crippen LogP contribution in [-0.2, 0) is 12.8 Å². The van der Waals surface area contributed by atoms with Crippen LogP contribution in [0.4, 0.5) is 30.7 Å². The highest BCUT2D eigenvalue weighted by molar-refractivity contribution is 5.85. The van der Waals surface area contributed by atoms with Gasteiger partial charge in [-0.1, -0.05) is 37.3 Å². The van der Waals surface area contributed by atoms with Crippen molar-refractivity contribution in [1.82, 2.24) is 0 Å². The summed E-state index contributed by atoms with van der Waals surface area (Å²) in [5.41, 5.74) is 2.31. The van der Waals surface area contributed by atoms with E-state index in [2.05, 4.69) is 4.74 Å². The van der Waals surface area contributed by atoms with Gasteiger partial charge in [-0.15, -0.1) is 13.2 Å².